The van der Waals surface area contributed by atoms with Gasteiger partial charge in [-0.25, -0.2) is 4.98 Å². The third-order valence-corrected chi connectivity index (χ3v) is 4.75. The number of amides is 1. The van der Waals surface area contributed by atoms with Crippen LogP contribution in [0, 0.1) is 0 Å². The van der Waals surface area contributed by atoms with E-state index in [0.717, 1.165) is 17.5 Å². The van der Waals surface area contributed by atoms with E-state index in [1.807, 2.05) is 60.7 Å². The molecule has 5 heteroatoms. The van der Waals surface area contributed by atoms with Gasteiger partial charge in [-0.3, -0.25) is 4.79 Å². The van der Waals surface area contributed by atoms with E-state index >= 15 is 0 Å². The van der Waals surface area contributed by atoms with Gasteiger partial charge in [0.2, 0.25) is 5.88 Å². The molecule has 0 aliphatic carbocycles. The number of benzene rings is 2. The Balaban J connectivity index is 1.26. The molecule has 28 heavy (non-hydrogen) atoms. The minimum absolute atomic E-state index is 0.0241. The van der Waals surface area contributed by atoms with Gasteiger partial charge in [-0.05, 0) is 29.3 Å². The van der Waals surface area contributed by atoms with Gasteiger partial charge in [-0.15, -0.1) is 0 Å². The summed E-state index contributed by atoms with van der Waals surface area (Å²) in [6.07, 6.45) is 2.47. The number of rotatable bonds is 6. The van der Waals surface area contributed by atoms with E-state index in [9.17, 15) is 4.79 Å². The van der Waals surface area contributed by atoms with Crippen LogP contribution in [-0.4, -0.2) is 41.6 Å². The first kappa shape index (κ1) is 18.0. The van der Waals surface area contributed by atoms with Crippen molar-refractivity contribution in [3.05, 3.63) is 79.0 Å². The van der Waals surface area contributed by atoms with Crippen LogP contribution in [0.4, 0.5) is 0 Å². The average Bonchev–Trinajstić information content (AvgIpc) is 3.22. The second kappa shape index (κ2) is 8.57. The molecule has 2 aromatic carbocycles. The molecule has 0 N–H and O–H groups in total. The number of hydrogen-bond acceptors (Lipinski definition) is 4. The minimum Gasteiger partial charge on any atom is -0.484 e. The highest BCUT2D eigenvalue weighted by molar-refractivity contribution is 5.78. The molecule has 1 aliphatic heterocycles. The summed E-state index contributed by atoms with van der Waals surface area (Å²) in [6.45, 7) is 1.26. The Bertz CT molecular complexity index is 898. The Hall–Kier alpha value is -3.34. The molecule has 0 radical (unpaired) electrons. The Kier molecular flexibility index (Phi) is 5.52. The van der Waals surface area contributed by atoms with Gasteiger partial charge in [0, 0.05) is 25.2 Å². The van der Waals surface area contributed by atoms with E-state index in [4.69, 9.17) is 9.47 Å². The maximum absolute atomic E-state index is 12.4. The van der Waals surface area contributed by atoms with E-state index in [1.54, 1.807) is 11.1 Å². The average molecular weight is 374 g/mol. The van der Waals surface area contributed by atoms with Crippen LogP contribution in [0.5, 0.6) is 11.6 Å². The van der Waals surface area contributed by atoms with E-state index in [2.05, 4.69) is 17.1 Å². The number of carbonyl (C=O) groups is 1. The topological polar surface area (TPSA) is 51.7 Å². The van der Waals surface area contributed by atoms with Gasteiger partial charge < -0.3 is 14.4 Å². The fourth-order valence-corrected chi connectivity index (χ4v) is 3.25. The molecule has 1 unspecified atom stereocenters. The fourth-order valence-electron chi connectivity index (χ4n) is 3.25. The third kappa shape index (κ3) is 4.49. The maximum Gasteiger partial charge on any atom is 0.260 e. The molecule has 0 saturated carbocycles. The van der Waals surface area contributed by atoms with Crippen LogP contribution < -0.4 is 9.47 Å². The number of pyridine rings is 1. The molecular formula is C23H22N2O3. The number of nitrogens with zero attached hydrogens (tertiary/aromatic N) is 2. The van der Waals surface area contributed by atoms with E-state index in [0.29, 0.717) is 24.7 Å². The van der Waals surface area contributed by atoms with Gasteiger partial charge >= 0.3 is 0 Å². The Morgan fingerprint density at radius 3 is 2.46 bits per heavy atom. The van der Waals surface area contributed by atoms with Gasteiger partial charge in [0.05, 0.1) is 6.54 Å². The molecule has 5 nitrogen and oxygen atoms in total. The van der Waals surface area contributed by atoms with Gasteiger partial charge in [0.15, 0.2) is 6.61 Å². The van der Waals surface area contributed by atoms with Crippen LogP contribution in [0.3, 0.4) is 0 Å². The van der Waals surface area contributed by atoms with E-state index in [-0.39, 0.29) is 18.6 Å². The summed E-state index contributed by atoms with van der Waals surface area (Å²) in [4.78, 5) is 18.4. The first-order valence-corrected chi connectivity index (χ1v) is 9.42. The van der Waals surface area contributed by atoms with Crippen LogP contribution in [0.2, 0.25) is 0 Å². The zero-order chi connectivity index (χ0) is 19.2. The summed E-state index contributed by atoms with van der Waals surface area (Å²) in [7, 11) is 0. The lowest BCUT2D eigenvalue weighted by Gasteiger charge is -2.17. The number of aromatic nitrogens is 1. The number of likely N-dealkylation sites (tertiary alicyclic amines) is 1. The molecule has 4 rings (SSSR count). The SMILES string of the molecule is O=C(COc1ccc(-c2ccccc2)cc1)N1CCC(Oc2ccccn2)C1. The molecule has 2 heterocycles. The maximum atomic E-state index is 12.4. The van der Waals surface area contributed by atoms with Crippen LogP contribution in [-0.2, 0) is 4.79 Å². The first-order valence-electron chi connectivity index (χ1n) is 9.42. The molecular weight excluding hydrogens is 352 g/mol. The summed E-state index contributed by atoms with van der Waals surface area (Å²) >= 11 is 0. The number of ether oxygens (including phenoxy) is 2. The predicted octanol–water partition coefficient (Wildman–Crippen LogP) is 3.81. The quantitative estimate of drug-likeness (QED) is 0.658. The lowest BCUT2D eigenvalue weighted by molar-refractivity contribution is -0.132. The highest BCUT2D eigenvalue weighted by atomic mass is 16.5. The highest BCUT2D eigenvalue weighted by Crippen LogP contribution is 2.22. The molecule has 1 saturated heterocycles. The van der Waals surface area contributed by atoms with Crippen molar-refractivity contribution in [1.29, 1.82) is 0 Å². The van der Waals surface area contributed by atoms with Gasteiger partial charge in [0.1, 0.15) is 11.9 Å². The van der Waals surface area contributed by atoms with Crippen molar-refractivity contribution in [2.75, 3.05) is 19.7 Å². The Morgan fingerprint density at radius 2 is 1.71 bits per heavy atom. The molecule has 1 amide bonds. The normalized spacial score (nSPS) is 16.0. The summed E-state index contributed by atoms with van der Waals surface area (Å²) in [6, 6.07) is 23.5. The second-order valence-electron chi connectivity index (χ2n) is 6.72. The van der Waals surface area contributed by atoms with Gasteiger partial charge in [-0.2, -0.15) is 0 Å². The van der Waals surface area contributed by atoms with Crippen LogP contribution in [0.25, 0.3) is 11.1 Å². The van der Waals surface area contributed by atoms with Crippen molar-refractivity contribution < 1.29 is 14.3 Å². The zero-order valence-corrected chi connectivity index (χ0v) is 15.5. The molecule has 1 aromatic heterocycles. The summed E-state index contributed by atoms with van der Waals surface area (Å²) < 4.78 is 11.5. The zero-order valence-electron chi connectivity index (χ0n) is 15.5. The lowest BCUT2D eigenvalue weighted by atomic mass is 10.1. The first-order chi connectivity index (χ1) is 13.8. The highest BCUT2D eigenvalue weighted by Gasteiger charge is 2.28. The Labute approximate surface area is 164 Å². The van der Waals surface area contributed by atoms with Crippen molar-refractivity contribution in [1.82, 2.24) is 9.88 Å². The van der Waals surface area contributed by atoms with Crippen molar-refractivity contribution >= 4 is 5.91 Å². The summed E-state index contributed by atoms with van der Waals surface area (Å²) in [5.74, 6) is 1.25. The van der Waals surface area contributed by atoms with Crippen LogP contribution in [0.15, 0.2) is 79.0 Å². The minimum atomic E-state index is -0.0285. The summed E-state index contributed by atoms with van der Waals surface area (Å²) in [5.41, 5.74) is 2.27. The molecule has 0 bridgehead atoms. The molecule has 1 aliphatic rings. The molecule has 1 fully saturated rings. The molecule has 0 spiro atoms. The third-order valence-electron chi connectivity index (χ3n) is 4.75. The second-order valence-corrected chi connectivity index (χ2v) is 6.72. The van der Waals surface area contributed by atoms with Crippen LogP contribution in [0.1, 0.15) is 6.42 Å². The fraction of sp³-hybridized carbons (Fsp3) is 0.217. The van der Waals surface area contributed by atoms with Crippen LogP contribution >= 0.6 is 0 Å². The van der Waals surface area contributed by atoms with Crippen molar-refractivity contribution in [3.63, 3.8) is 0 Å². The van der Waals surface area contributed by atoms with Gasteiger partial charge in [-0.1, -0.05) is 48.5 Å². The van der Waals surface area contributed by atoms with E-state index < -0.39 is 0 Å². The van der Waals surface area contributed by atoms with Crippen molar-refractivity contribution in [3.8, 4) is 22.8 Å². The largest absolute Gasteiger partial charge is 0.484 e. The summed E-state index contributed by atoms with van der Waals surface area (Å²) in [5, 5.41) is 0. The predicted molar refractivity (Wildman–Crippen MR) is 107 cm³/mol. The lowest BCUT2D eigenvalue weighted by Crippen LogP contribution is -2.34. The monoisotopic (exact) mass is 374 g/mol. The smallest absolute Gasteiger partial charge is 0.260 e. The van der Waals surface area contributed by atoms with E-state index in [1.165, 1.54) is 0 Å². The number of carbonyl (C=O) groups excluding carboxylic acids is 1. The standard InChI is InChI=1S/C23H22N2O3/c26-23(25-15-13-21(16-25)28-22-8-4-5-14-24-22)17-27-20-11-9-19(10-12-20)18-6-2-1-3-7-18/h1-12,14,21H,13,15-17H2. The van der Waals surface area contributed by atoms with Crippen molar-refractivity contribution in [2.45, 2.75) is 12.5 Å². The number of hydrogen-bond donors (Lipinski definition) is 0. The molecule has 142 valence electrons. The Morgan fingerprint density at radius 1 is 0.964 bits per heavy atom. The molecule has 3 aromatic rings. The molecule has 1 atom stereocenters. The van der Waals surface area contributed by atoms with Crippen molar-refractivity contribution in [2.24, 2.45) is 0 Å². The van der Waals surface area contributed by atoms with Gasteiger partial charge in [0.25, 0.3) is 5.91 Å².